The lowest BCUT2D eigenvalue weighted by atomic mass is 10.2. The van der Waals surface area contributed by atoms with Crippen LogP contribution in [-0.4, -0.2) is 57.4 Å². The predicted molar refractivity (Wildman–Crippen MR) is 95.1 cm³/mol. The number of pyridine rings is 1. The largest absolute Gasteiger partial charge is 0.389 e. The van der Waals surface area contributed by atoms with Crippen molar-refractivity contribution in [1.82, 2.24) is 9.88 Å². The van der Waals surface area contributed by atoms with Crippen LogP contribution in [-0.2, 0) is 4.79 Å². The van der Waals surface area contributed by atoms with Crippen LogP contribution in [0, 0.1) is 5.41 Å². The van der Waals surface area contributed by atoms with Gasteiger partial charge in [-0.3, -0.25) is 20.2 Å². The van der Waals surface area contributed by atoms with Gasteiger partial charge in [-0.15, -0.1) is 0 Å². The molecule has 1 aromatic rings. The van der Waals surface area contributed by atoms with Crippen LogP contribution in [0.25, 0.3) is 0 Å². The molecule has 0 saturated carbocycles. The minimum atomic E-state index is -4.24. The first-order valence-electron chi connectivity index (χ1n) is 7.36. The highest BCUT2D eigenvalue weighted by molar-refractivity contribution is 7.99. The van der Waals surface area contributed by atoms with Gasteiger partial charge in [-0.05, 0) is 19.1 Å². The summed E-state index contributed by atoms with van der Waals surface area (Å²) < 4.78 is 36.4. The highest BCUT2D eigenvalue weighted by Crippen LogP contribution is 2.22. The molecular formula is C15H18ClF3N4OS. The maximum absolute atomic E-state index is 12.3. The molecule has 0 aliphatic rings. The normalized spacial score (nSPS) is 13.0. The van der Waals surface area contributed by atoms with E-state index in [2.05, 4.69) is 9.98 Å². The summed E-state index contributed by atoms with van der Waals surface area (Å²) in [6.07, 6.45) is -0.739. The minimum absolute atomic E-state index is 0.120. The van der Waals surface area contributed by atoms with Gasteiger partial charge in [0.2, 0.25) is 5.91 Å². The Morgan fingerprint density at radius 3 is 2.80 bits per heavy atom. The van der Waals surface area contributed by atoms with Crippen LogP contribution in [0.4, 0.5) is 18.9 Å². The maximum atomic E-state index is 12.3. The molecule has 1 aromatic heterocycles. The Hall–Kier alpha value is -1.61. The number of carbonyl (C=O) groups is 1. The van der Waals surface area contributed by atoms with Crippen LogP contribution in [0.3, 0.4) is 0 Å². The number of hydrogen-bond acceptors (Lipinski definition) is 5. The van der Waals surface area contributed by atoms with Crippen LogP contribution in [0.15, 0.2) is 29.5 Å². The van der Waals surface area contributed by atoms with E-state index in [0.29, 0.717) is 5.69 Å². The quantitative estimate of drug-likeness (QED) is 0.510. The Balaban J connectivity index is 2.69. The van der Waals surface area contributed by atoms with Crippen molar-refractivity contribution in [3.8, 4) is 0 Å². The van der Waals surface area contributed by atoms with E-state index >= 15 is 0 Å². The summed E-state index contributed by atoms with van der Waals surface area (Å²) in [7, 11) is 0. The zero-order chi connectivity index (χ0) is 18.9. The molecule has 1 atom stereocenters. The molecule has 1 unspecified atom stereocenters. The lowest BCUT2D eigenvalue weighted by Gasteiger charge is -2.26. The number of halogens is 4. The van der Waals surface area contributed by atoms with Crippen molar-refractivity contribution in [3.05, 3.63) is 24.5 Å². The molecule has 0 aliphatic heterocycles. The van der Waals surface area contributed by atoms with E-state index in [1.54, 1.807) is 25.3 Å². The zero-order valence-corrected chi connectivity index (χ0v) is 15.0. The third-order valence-electron chi connectivity index (χ3n) is 3.02. The second kappa shape index (κ2) is 10.4. The van der Waals surface area contributed by atoms with E-state index < -0.39 is 24.5 Å². The monoisotopic (exact) mass is 394 g/mol. The molecule has 0 spiro atoms. The summed E-state index contributed by atoms with van der Waals surface area (Å²) in [6.45, 7) is 1.94. The van der Waals surface area contributed by atoms with E-state index in [9.17, 15) is 18.0 Å². The first-order chi connectivity index (χ1) is 11.7. The summed E-state index contributed by atoms with van der Waals surface area (Å²) in [4.78, 5) is 21.6. The number of nitrogens with one attached hydrogen (secondary N) is 1. The van der Waals surface area contributed by atoms with Gasteiger partial charge in [0.1, 0.15) is 11.2 Å². The summed E-state index contributed by atoms with van der Waals surface area (Å²) in [5.41, 5.74) is 0.536. The summed E-state index contributed by atoms with van der Waals surface area (Å²) >= 11 is 6.67. The Kier molecular flexibility index (Phi) is 8.91. The molecule has 0 bridgehead atoms. The van der Waals surface area contributed by atoms with Crippen molar-refractivity contribution >= 4 is 46.3 Å². The Morgan fingerprint density at radius 2 is 2.28 bits per heavy atom. The lowest BCUT2D eigenvalue weighted by Crippen LogP contribution is -2.45. The molecule has 0 fully saturated rings. The second-order valence-corrected chi connectivity index (χ2v) is 6.39. The summed E-state index contributed by atoms with van der Waals surface area (Å²) in [5.74, 6) is -0.715. The van der Waals surface area contributed by atoms with Gasteiger partial charge in [-0.1, -0.05) is 11.6 Å². The third-order valence-corrected chi connectivity index (χ3v) is 4.19. The fourth-order valence-electron chi connectivity index (χ4n) is 1.83. The van der Waals surface area contributed by atoms with E-state index in [4.69, 9.17) is 17.0 Å². The van der Waals surface area contributed by atoms with Gasteiger partial charge in [0, 0.05) is 24.7 Å². The number of carbonyl (C=O) groups excluding carboxylic acids is 1. The lowest BCUT2D eigenvalue weighted by molar-refractivity contribution is -0.130. The highest BCUT2D eigenvalue weighted by Gasteiger charge is 2.27. The SMILES string of the molecule is CCN(C(=O)CSCCC(F)(F)F)C(C=Nc1cccnc1)C(=N)Cl. The number of rotatable bonds is 9. The van der Waals surface area contributed by atoms with Crippen LogP contribution in [0.2, 0.25) is 0 Å². The Morgan fingerprint density at radius 1 is 1.56 bits per heavy atom. The Bertz CT molecular complexity index is 598. The van der Waals surface area contributed by atoms with Crippen LogP contribution < -0.4 is 0 Å². The molecule has 138 valence electrons. The van der Waals surface area contributed by atoms with Crippen LogP contribution in [0.5, 0.6) is 0 Å². The molecule has 5 nitrogen and oxygen atoms in total. The topological polar surface area (TPSA) is 69.4 Å². The van der Waals surface area contributed by atoms with Gasteiger partial charge in [-0.25, -0.2) is 0 Å². The van der Waals surface area contributed by atoms with Gasteiger partial charge >= 0.3 is 6.18 Å². The molecule has 1 rings (SSSR count). The van der Waals surface area contributed by atoms with Crippen molar-refractivity contribution < 1.29 is 18.0 Å². The number of aromatic nitrogens is 1. The number of hydrogen-bond donors (Lipinski definition) is 1. The molecule has 10 heteroatoms. The maximum Gasteiger partial charge on any atom is 0.389 e. The van der Waals surface area contributed by atoms with Gasteiger partial charge in [0.25, 0.3) is 0 Å². The molecule has 1 N–H and O–H groups in total. The summed E-state index contributed by atoms with van der Waals surface area (Å²) in [6, 6.07) is 2.51. The van der Waals surface area contributed by atoms with E-state index in [-0.39, 0.29) is 23.2 Å². The number of amides is 1. The van der Waals surface area contributed by atoms with Crippen molar-refractivity contribution in [3.63, 3.8) is 0 Å². The van der Waals surface area contributed by atoms with Crippen LogP contribution >= 0.6 is 23.4 Å². The molecule has 1 heterocycles. The van der Waals surface area contributed by atoms with Gasteiger partial charge in [0.15, 0.2) is 0 Å². The number of alkyl halides is 3. The first-order valence-corrected chi connectivity index (χ1v) is 8.90. The zero-order valence-electron chi connectivity index (χ0n) is 13.5. The molecule has 25 heavy (non-hydrogen) atoms. The van der Waals surface area contributed by atoms with E-state index in [1.807, 2.05) is 0 Å². The molecule has 1 amide bonds. The first kappa shape index (κ1) is 21.4. The molecule has 0 radical (unpaired) electrons. The van der Waals surface area contributed by atoms with Gasteiger partial charge < -0.3 is 4.90 Å². The van der Waals surface area contributed by atoms with Crippen molar-refractivity contribution in [2.24, 2.45) is 4.99 Å². The fraction of sp³-hybridized carbons (Fsp3) is 0.467. The second-order valence-electron chi connectivity index (χ2n) is 4.88. The molecule has 0 aromatic carbocycles. The van der Waals surface area contributed by atoms with Gasteiger partial charge in [0.05, 0.1) is 24.1 Å². The van der Waals surface area contributed by atoms with Crippen molar-refractivity contribution in [2.45, 2.75) is 25.6 Å². The van der Waals surface area contributed by atoms with Gasteiger partial charge in [-0.2, -0.15) is 24.9 Å². The highest BCUT2D eigenvalue weighted by atomic mass is 35.5. The van der Waals surface area contributed by atoms with Crippen molar-refractivity contribution in [1.29, 1.82) is 5.41 Å². The summed E-state index contributed by atoms with van der Waals surface area (Å²) in [5, 5.41) is 7.35. The Labute approximate surface area is 153 Å². The average molecular weight is 395 g/mol. The third kappa shape index (κ3) is 8.35. The molecule has 0 aliphatic carbocycles. The van der Waals surface area contributed by atoms with Crippen LogP contribution in [0.1, 0.15) is 13.3 Å². The van der Waals surface area contributed by atoms with Crippen molar-refractivity contribution in [2.75, 3.05) is 18.1 Å². The average Bonchev–Trinajstić information content (AvgIpc) is 2.55. The van der Waals surface area contributed by atoms with E-state index in [1.165, 1.54) is 17.3 Å². The fourth-order valence-corrected chi connectivity index (χ4v) is 2.86. The number of nitrogens with zero attached hydrogens (tertiary/aromatic N) is 3. The molecule has 0 saturated heterocycles. The standard InChI is InChI=1S/C15H18ClF3N4OS/c1-2-23(13(24)10-25-7-5-15(17,18)19)12(14(16)20)9-22-11-4-3-6-21-8-11/h3-4,6,8-9,12,20H,2,5,7,10H2,1H3. The number of aliphatic imine (C=N–C) groups is 1. The predicted octanol–water partition coefficient (Wildman–Crippen LogP) is 3.90. The molecular weight excluding hydrogens is 377 g/mol. The van der Waals surface area contributed by atoms with E-state index in [0.717, 1.165) is 11.8 Å². The smallest absolute Gasteiger partial charge is 0.328 e. The minimum Gasteiger partial charge on any atom is -0.328 e. The number of thioether (sulfide) groups is 1.